The number of carboxylic acid groups (broad SMARTS) is 1. The Morgan fingerprint density at radius 3 is 2.61 bits per heavy atom. The fourth-order valence-corrected chi connectivity index (χ4v) is 2.68. The maximum absolute atomic E-state index is 11.4. The summed E-state index contributed by atoms with van der Waals surface area (Å²) < 4.78 is 0. The van der Waals surface area contributed by atoms with Crippen LogP contribution in [0.3, 0.4) is 0 Å². The Morgan fingerprint density at radius 1 is 1.44 bits per heavy atom. The van der Waals surface area contributed by atoms with Crippen LogP contribution in [0, 0.1) is 5.41 Å². The number of aliphatic carboxylic acids is 1. The lowest BCUT2D eigenvalue weighted by molar-refractivity contribution is -0.148. The Bertz CT molecular complexity index is 432. The van der Waals surface area contributed by atoms with Gasteiger partial charge in [-0.15, -0.1) is 0 Å². The van der Waals surface area contributed by atoms with Gasteiger partial charge in [0.2, 0.25) is 0 Å². The van der Waals surface area contributed by atoms with E-state index in [4.69, 9.17) is 11.6 Å². The van der Waals surface area contributed by atoms with Gasteiger partial charge >= 0.3 is 5.97 Å². The van der Waals surface area contributed by atoms with Crippen LogP contribution in [0.15, 0.2) is 24.3 Å². The van der Waals surface area contributed by atoms with E-state index in [1.165, 1.54) is 5.56 Å². The average Bonchev–Trinajstić information content (AvgIpc) is 2.77. The van der Waals surface area contributed by atoms with Crippen LogP contribution in [-0.4, -0.2) is 29.1 Å². The zero-order valence-corrected chi connectivity index (χ0v) is 11.3. The molecule has 0 saturated carbocycles. The summed E-state index contributed by atoms with van der Waals surface area (Å²) in [4.78, 5) is 13.6. The maximum atomic E-state index is 11.4. The molecule has 1 fully saturated rings. The van der Waals surface area contributed by atoms with E-state index in [0.717, 1.165) is 24.5 Å². The lowest BCUT2D eigenvalue weighted by atomic mass is 9.84. The van der Waals surface area contributed by atoms with Crippen molar-refractivity contribution in [2.75, 3.05) is 13.1 Å². The highest BCUT2D eigenvalue weighted by atomic mass is 35.5. The number of benzene rings is 1. The van der Waals surface area contributed by atoms with Gasteiger partial charge in [-0.1, -0.05) is 30.7 Å². The van der Waals surface area contributed by atoms with Crippen molar-refractivity contribution in [2.24, 2.45) is 5.41 Å². The first kappa shape index (κ1) is 13.4. The van der Waals surface area contributed by atoms with E-state index in [2.05, 4.69) is 4.90 Å². The van der Waals surface area contributed by atoms with Crippen LogP contribution < -0.4 is 0 Å². The molecule has 1 aromatic rings. The number of carbonyl (C=O) groups is 1. The third-order valence-corrected chi connectivity index (χ3v) is 4.13. The van der Waals surface area contributed by atoms with Gasteiger partial charge in [-0.3, -0.25) is 9.69 Å². The van der Waals surface area contributed by atoms with E-state index in [9.17, 15) is 9.90 Å². The van der Waals surface area contributed by atoms with Crippen molar-refractivity contribution in [3.8, 4) is 0 Å². The summed E-state index contributed by atoms with van der Waals surface area (Å²) in [6.07, 6.45) is 1.44. The summed E-state index contributed by atoms with van der Waals surface area (Å²) >= 11 is 5.85. The minimum Gasteiger partial charge on any atom is -0.481 e. The molecule has 1 atom stereocenters. The summed E-state index contributed by atoms with van der Waals surface area (Å²) in [5, 5.41) is 10.1. The minimum atomic E-state index is -0.663. The molecule has 1 saturated heterocycles. The highest BCUT2D eigenvalue weighted by molar-refractivity contribution is 6.30. The van der Waals surface area contributed by atoms with Crippen molar-refractivity contribution < 1.29 is 9.90 Å². The van der Waals surface area contributed by atoms with Gasteiger partial charge in [0, 0.05) is 18.1 Å². The van der Waals surface area contributed by atoms with Gasteiger partial charge in [0.15, 0.2) is 0 Å². The van der Waals surface area contributed by atoms with Crippen LogP contribution >= 0.6 is 11.6 Å². The lowest BCUT2D eigenvalue weighted by Gasteiger charge is -2.23. The van der Waals surface area contributed by atoms with Crippen molar-refractivity contribution in [1.82, 2.24) is 4.90 Å². The quantitative estimate of drug-likeness (QED) is 0.912. The van der Waals surface area contributed by atoms with Crippen LogP contribution in [-0.2, 0) is 11.3 Å². The molecule has 0 radical (unpaired) electrons. The molecule has 1 N–H and O–H groups in total. The van der Waals surface area contributed by atoms with Crippen LogP contribution in [0.5, 0.6) is 0 Å². The molecule has 4 heteroatoms. The number of rotatable bonds is 4. The number of likely N-dealkylation sites (tertiary alicyclic amines) is 1. The Kier molecular flexibility index (Phi) is 3.93. The zero-order valence-electron chi connectivity index (χ0n) is 10.5. The molecule has 98 valence electrons. The molecule has 2 rings (SSSR count). The number of carboxylic acids is 1. The van der Waals surface area contributed by atoms with E-state index in [1.54, 1.807) is 0 Å². The Morgan fingerprint density at radius 2 is 2.11 bits per heavy atom. The number of nitrogens with zero attached hydrogens (tertiary/aromatic N) is 1. The molecule has 0 aliphatic carbocycles. The van der Waals surface area contributed by atoms with Gasteiger partial charge in [0.05, 0.1) is 5.41 Å². The second-order valence-corrected chi connectivity index (χ2v) is 5.46. The van der Waals surface area contributed by atoms with Gasteiger partial charge in [-0.2, -0.15) is 0 Å². The molecule has 3 nitrogen and oxygen atoms in total. The highest BCUT2D eigenvalue weighted by Crippen LogP contribution is 2.34. The maximum Gasteiger partial charge on any atom is 0.310 e. The first-order valence-electron chi connectivity index (χ1n) is 6.26. The smallest absolute Gasteiger partial charge is 0.310 e. The average molecular weight is 268 g/mol. The van der Waals surface area contributed by atoms with Crippen molar-refractivity contribution in [3.05, 3.63) is 34.9 Å². The van der Waals surface area contributed by atoms with Crippen molar-refractivity contribution >= 4 is 17.6 Å². The van der Waals surface area contributed by atoms with E-state index in [-0.39, 0.29) is 0 Å². The first-order valence-corrected chi connectivity index (χ1v) is 6.64. The molecular formula is C14H18ClNO2. The lowest BCUT2D eigenvalue weighted by Crippen LogP contribution is -2.33. The largest absolute Gasteiger partial charge is 0.481 e. The van der Waals surface area contributed by atoms with Gasteiger partial charge < -0.3 is 5.11 Å². The van der Waals surface area contributed by atoms with Gasteiger partial charge in [0.25, 0.3) is 0 Å². The SMILES string of the molecule is CCC1(C(=O)O)CCN(Cc2ccc(Cl)cc2)C1. The molecule has 0 amide bonds. The predicted octanol–water partition coefficient (Wildman–Crippen LogP) is 3.03. The van der Waals surface area contributed by atoms with E-state index >= 15 is 0 Å². The first-order chi connectivity index (χ1) is 8.55. The van der Waals surface area contributed by atoms with E-state index in [0.29, 0.717) is 13.0 Å². The molecule has 0 bridgehead atoms. The van der Waals surface area contributed by atoms with Crippen LogP contribution in [0.4, 0.5) is 0 Å². The third kappa shape index (κ3) is 2.68. The summed E-state index contributed by atoms with van der Waals surface area (Å²) in [7, 11) is 0. The predicted molar refractivity (Wildman–Crippen MR) is 71.7 cm³/mol. The molecule has 1 heterocycles. The molecular weight excluding hydrogens is 250 g/mol. The summed E-state index contributed by atoms with van der Waals surface area (Å²) in [5.74, 6) is -0.663. The Balaban J connectivity index is 2.01. The second kappa shape index (κ2) is 5.29. The molecule has 0 spiro atoms. The van der Waals surface area contributed by atoms with Crippen LogP contribution in [0.2, 0.25) is 5.02 Å². The fraction of sp³-hybridized carbons (Fsp3) is 0.500. The molecule has 1 unspecified atom stereocenters. The van der Waals surface area contributed by atoms with Crippen LogP contribution in [0.1, 0.15) is 25.3 Å². The number of halogens is 1. The molecule has 1 aliphatic heterocycles. The van der Waals surface area contributed by atoms with Gasteiger partial charge in [-0.25, -0.2) is 0 Å². The fourth-order valence-electron chi connectivity index (χ4n) is 2.56. The Hall–Kier alpha value is -1.06. The highest BCUT2D eigenvalue weighted by Gasteiger charge is 2.42. The summed E-state index contributed by atoms with van der Waals surface area (Å²) in [6, 6.07) is 7.73. The minimum absolute atomic E-state index is 0.549. The molecule has 1 aromatic carbocycles. The summed E-state index contributed by atoms with van der Waals surface area (Å²) in [6.45, 7) is 4.25. The monoisotopic (exact) mass is 267 g/mol. The molecule has 1 aliphatic rings. The number of hydrogen-bond donors (Lipinski definition) is 1. The number of hydrogen-bond acceptors (Lipinski definition) is 2. The Labute approximate surface area is 112 Å². The van der Waals surface area contributed by atoms with Gasteiger partial charge in [-0.05, 0) is 37.1 Å². The standard InChI is InChI=1S/C14H18ClNO2/c1-2-14(13(17)18)7-8-16(10-14)9-11-3-5-12(15)6-4-11/h3-6H,2,7-10H2,1H3,(H,17,18). The summed E-state index contributed by atoms with van der Waals surface area (Å²) in [5.41, 5.74) is 0.628. The second-order valence-electron chi connectivity index (χ2n) is 5.03. The topological polar surface area (TPSA) is 40.5 Å². The molecule has 18 heavy (non-hydrogen) atoms. The third-order valence-electron chi connectivity index (χ3n) is 3.88. The van der Waals surface area contributed by atoms with Crippen LogP contribution in [0.25, 0.3) is 0 Å². The van der Waals surface area contributed by atoms with Crippen molar-refractivity contribution in [3.63, 3.8) is 0 Å². The van der Waals surface area contributed by atoms with Crippen molar-refractivity contribution in [2.45, 2.75) is 26.3 Å². The van der Waals surface area contributed by atoms with Gasteiger partial charge in [0.1, 0.15) is 0 Å². The normalized spacial score (nSPS) is 24.3. The zero-order chi connectivity index (χ0) is 13.2. The van der Waals surface area contributed by atoms with E-state index in [1.807, 2.05) is 31.2 Å². The molecule has 0 aromatic heterocycles. The van der Waals surface area contributed by atoms with Crippen molar-refractivity contribution in [1.29, 1.82) is 0 Å². The van der Waals surface area contributed by atoms with E-state index < -0.39 is 11.4 Å².